The van der Waals surface area contributed by atoms with Crippen LogP contribution in [0, 0.1) is 11.8 Å². The molecule has 0 aliphatic heterocycles. The van der Waals surface area contributed by atoms with Gasteiger partial charge < -0.3 is 9.84 Å². The van der Waals surface area contributed by atoms with Gasteiger partial charge in [-0.25, -0.2) is 13.6 Å². The van der Waals surface area contributed by atoms with Gasteiger partial charge in [-0.15, -0.1) is 0 Å². The average molecular weight is 236 g/mol. The molecule has 0 heterocycles. The molecular formula is C11H18F2O3. The molecule has 0 aromatic carbocycles. The van der Waals surface area contributed by atoms with Crippen molar-refractivity contribution in [1.29, 1.82) is 0 Å². The first-order chi connectivity index (χ1) is 7.33. The van der Waals surface area contributed by atoms with Crippen LogP contribution < -0.4 is 0 Å². The maximum absolute atomic E-state index is 13.6. The third-order valence-corrected chi connectivity index (χ3v) is 3.16. The van der Waals surface area contributed by atoms with Gasteiger partial charge in [-0.3, -0.25) is 0 Å². The molecule has 1 aliphatic rings. The van der Waals surface area contributed by atoms with E-state index in [4.69, 9.17) is 9.84 Å². The SMILES string of the molecule is CC(C)C1CCC(OCC(=O)O)C(F)(F)C1. The Morgan fingerprint density at radius 1 is 1.50 bits per heavy atom. The molecule has 0 spiro atoms. The molecule has 16 heavy (non-hydrogen) atoms. The Balaban J connectivity index is 2.53. The van der Waals surface area contributed by atoms with Gasteiger partial charge in [0.25, 0.3) is 5.92 Å². The van der Waals surface area contributed by atoms with E-state index in [1.165, 1.54) is 0 Å². The van der Waals surface area contributed by atoms with Crippen LogP contribution in [0.5, 0.6) is 0 Å². The van der Waals surface area contributed by atoms with E-state index in [9.17, 15) is 13.6 Å². The molecule has 2 unspecified atom stereocenters. The Morgan fingerprint density at radius 3 is 2.56 bits per heavy atom. The zero-order chi connectivity index (χ0) is 12.3. The van der Waals surface area contributed by atoms with E-state index in [-0.39, 0.29) is 24.7 Å². The van der Waals surface area contributed by atoms with Crippen molar-refractivity contribution in [3.8, 4) is 0 Å². The van der Waals surface area contributed by atoms with Crippen molar-refractivity contribution in [2.75, 3.05) is 6.61 Å². The average Bonchev–Trinajstić information content (AvgIpc) is 2.14. The monoisotopic (exact) mass is 236 g/mol. The van der Waals surface area contributed by atoms with Gasteiger partial charge >= 0.3 is 5.97 Å². The van der Waals surface area contributed by atoms with E-state index in [2.05, 4.69) is 0 Å². The molecule has 0 bridgehead atoms. The minimum absolute atomic E-state index is 0.000298. The Bertz CT molecular complexity index is 254. The van der Waals surface area contributed by atoms with Crippen LogP contribution in [-0.4, -0.2) is 29.7 Å². The van der Waals surface area contributed by atoms with Gasteiger partial charge in [-0.1, -0.05) is 13.8 Å². The predicted octanol–water partition coefficient (Wildman–Crippen LogP) is 2.55. The van der Waals surface area contributed by atoms with E-state index >= 15 is 0 Å². The number of rotatable bonds is 4. The van der Waals surface area contributed by atoms with Crippen molar-refractivity contribution in [1.82, 2.24) is 0 Å². The quantitative estimate of drug-likeness (QED) is 0.816. The predicted molar refractivity (Wildman–Crippen MR) is 54.5 cm³/mol. The third kappa shape index (κ3) is 3.40. The Morgan fingerprint density at radius 2 is 2.12 bits per heavy atom. The Labute approximate surface area is 93.8 Å². The maximum Gasteiger partial charge on any atom is 0.329 e. The number of halogens is 2. The highest BCUT2D eigenvalue weighted by Gasteiger charge is 2.46. The van der Waals surface area contributed by atoms with Crippen molar-refractivity contribution in [3.63, 3.8) is 0 Å². The fraction of sp³-hybridized carbons (Fsp3) is 0.909. The Kier molecular flexibility index (Phi) is 4.24. The number of ether oxygens (including phenoxy) is 1. The summed E-state index contributed by atoms with van der Waals surface area (Å²) < 4.78 is 32.0. The molecule has 0 amide bonds. The summed E-state index contributed by atoms with van der Waals surface area (Å²) in [4.78, 5) is 10.3. The number of carboxylic acids is 1. The van der Waals surface area contributed by atoms with Crippen LogP contribution in [0.2, 0.25) is 0 Å². The maximum atomic E-state index is 13.6. The van der Waals surface area contributed by atoms with Gasteiger partial charge in [0.1, 0.15) is 12.7 Å². The first-order valence-electron chi connectivity index (χ1n) is 5.54. The van der Waals surface area contributed by atoms with Crippen molar-refractivity contribution in [3.05, 3.63) is 0 Å². The van der Waals surface area contributed by atoms with E-state index < -0.39 is 24.6 Å². The van der Waals surface area contributed by atoms with Gasteiger partial charge in [0, 0.05) is 6.42 Å². The minimum Gasteiger partial charge on any atom is -0.480 e. The summed E-state index contributed by atoms with van der Waals surface area (Å²) in [5, 5.41) is 8.38. The molecule has 94 valence electrons. The lowest BCUT2D eigenvalue weighted by Crippen LogP contribution is -2.43. The van der Waals surface area contributed by atoms with E-state index in [1.54, 1.807) is 0 Å². The summed E-state index contributed by atoms with van der Waals surface area (Å²) in [6.45, 7) is 3.21. The van der Waals surface area contributed by atoms with Gasteiger partial charge in [0.15, 0.2) is 0 Å². The molecule has 0 saturated heterocycles. The number of hydrogen-bond donors (Lipinski definition) is 1. The van der Waals surface area contributed by atoms with E-state index in [0.29, 0.717) is 6.42 Å². The van der Waals surface area contributed by atoms with Crippen molar-refractivity contribution in [2.45, 2.75) is 45.1 Å². The summed E-state index contributed by atoms with van der Waals surface area (Å²) >= 11 is 0. The number of alkyl halides is 2. The van der Waals surface area contributed by atoms with Crippen LogP contribution in [0.25, 0.3) is 0 Å². The summed E-state index contributed by atoms with van der Waals surface area (Å²) in [5.41, 5.74) is 0. The molecule has 1 saturated carbocycles. The first-order valence-corrected chi connectivity index (χ1v) is 5.54. The molecule has 5 heteroatoms. The van der Waals surface area contributed by atoms with Crippen LogP contribution in [0.15, 0.2) is 0 Å². The van der Waals surface area contributed by atoms with Gasteiger partial charge in [-0.05, 0) is 24.7 Å². The second kappa shape index (κ2) is 5.08. The Hall–Kier alpha value is -0.710. The molecule has 1 aliphatic carbocycles. The largest absolute Gasteiger partial charge is 0.480 e. The minimum atomic E-state index is -2.90. The normalized spacial score (nSPS) is 29.3. The van der Waals surface area contributed by atoms with Crippen LogP contribution in [0.4, 0.5) is 8.78 Å². The molecule has 1 fully saturated rings. The molecule has 0 aromatic rings. The third-order valence-electron chi connectivity index (χ3n) is 3.16. The van der Waals surface area contributed by atoms with Crippen molar-refractivity contribution < 1.29 is 23.4 Å². The lowest BCUT2D eigenvalue weighted by molar-refractivity contribution is -0.181. The van der Waals surface area contributed by atoms with Crippen LogP contribution >= 0.6 is 0 Å². The van der Waals surface area contributed by atoms with E-state index in [1.807, 2.05) is 13.8 Å². The fourth-order valence-corrected chi connectivity index (χ4v) is 2.11. The lowest BCUT2D eigenvalue weighted by Gasteiger charge is -2.37. The topological polar surface area (TPSA) is 46.5 Å². The molecule has 0 radical (unpaired) electrons. The van der Waals surface area contributed by atoms with Crippen LogP contribution in [-0.2, 0) is 9.53 Å². The molecular weight excluding hydrogens is 218 g/mol. The van der Waals surface area contributed by atoms with Gasteiger partial charge in [0.2, 0.25) is 0 Å². The van der Waals surface area contributed by atoms with Crippen LogP contribution in [0.3, 0.4) is 0 Å². The molecule has 2 atom stereocenters. The standard InChI is InChI=1S/C11H18F2O3/c1-7(2)8-3-4-9(11(12,13)5-8)16-6-10(14)15/h7-9H,3-6H2,1-2H3,(H,14,15). The summed E-state index contributed by atoms with van der Waals surface area (Å²) in [6, 6.07) is 0. The first kappa shape index (κ1) is 13.4. The molecule has 0 aromatic heterocycles. The zero-order valence-corrected chi connectivity index (χ0v) is 9.58. The zero-order valence-electron chi connectivity index (χ0n) is 9.58. The van der Waals surface area contributed by atoms with E-state index in [0.717, 1.165) is 0 Å². The number of carbonyl (C=O) groups is 1. The highest BCUT2D eigenvalue weighted by molar-refractivity contribution is 5.68. The second-order valence-electron chi connectivity index (χ2n) is 4.74. The summed E-state index contributed by atoms with van der Waals surface area (Å²) in [6.07, 6.45) is -0.520. The van der Waals surface area contributed by atoms with Crippen LogP contribution in [0.1, 0.15) is 33.1 Å². The van der Waals surface area contributed by atoms with Crippen molar-refractivity contribution >= 4 is 5.97 Å². The smallest absolute Gasteiger partial charge is 0.329 e. The molecule has 3 nitrogen and oxygen atoms in total. The molecule has 1 rings (SSSR count). The van der Waals surface area contributed by atoms with Crippen molar-refractivity contribution in [2.24, 2.45) is 11.8 Å². The number of hydrogen-bond acceptors (Lipinski definition) is 2. The number of aliphatic carboxylic acids is 1. The summed E-state index contributed by atoms with van der Waals surface area (Å²) in [7, 11) is 0. The summed E-state index contributed by atoms with van der Waals surface area (Å²) in [5.74, 6) is -3.88. The number of carboxylic acid groups (broad SMARTS) is 1. The highest BCUT2D eigenvalue weighted by atomic mass is 19.3. The van der Waals surface area contributed by atoms with Gasteiger partial charge in [0.05, 0.1) is 0 Å². The lowest BCUT2D eigenvalue weighted by atomic mass is 9.78. The second-order valence-corrected chi connectivity index (χ2v) is 4.74. The van der Waals surface area contributed by atoms with Gasteiger partial charge in [-0.2, -0.15) is 0 Å². The highest BCUT2D eigenvalue weighted by Crippen LogP contribution is 2.41. The fourth-order valence-electron chi connectivity index (χ4n) is 2.11. The molecule has 1 N–H and O–H groups in total.